The summed E-state index contributed by atoms with van der Waals surface area (Å²) in [4.78, 5) is 7.17. The van der Waals surface area contributed by atoms with E-state index in [0.717, 1.165) is 56.5 Å². The first-order valence-corrected chi connectivity index (χ1v) is 16.0. The van der Waals surface area contributed by atoms with E-state index >= 15 is 0 Å². The fraction of sp³-hybridized carbons (Fsp3) is 0.400. The molecule has 4 N–H and O–H groups in total. The standard InChI is InChI=1S/C35H38ClF3N4O3/c1-46-30-19-26-29(20-28(30)36)41-32(22-6-5-9-24(18-22)35(37,38)39)27(21-43-15-10-25(11-16-43)40-14-17-44)31(26)33(45)42-34(12-13-34)23-7-3-2-4-8-23/h2-9,18-20,25,33,40,42,44-45H,10-17,21H2,1H3. The first kappa shape index (κ1) is 32.7. The normalized spacial score (nSPS) is 17.7. The Bertz CT molecular complexity index is 1680. The molecule has 7 nitrogen and oxygen atoms in total. The minimum Gasteiger partial charge on any atom is -0.495 e. The van der Waals surface area contributed by atoms with Crippen molar-refractivity contribution in [3.8, 4) is 17.0 Å². The van der Waals surface area contributed by atoms with Gasteiger partial charge in [0.1, 0.15) is 12.0 Å². The number of aliphatic hydroxyl groups is 2. The molecule has 0 amide bonds. The van der Waals surface area contributed by atoms with E-state index in [1.807, 2.05) is 30.3 Å². The molecule has 1 aromatic heterocycles. The van der Waals surface area contributed by atoms with Crippen LogP contribution in [0.3, 0.4) is 0 Å². The van der Waals surface area contributed by atoms with Crippen LogP contribution in [0.2, 0.25) is 5.02 Å². The maximum Gasteiger partial charge on any atom is 0.416 e. The fourth-order valence-corrected chi connectivity index (χ4v) is 6.79. The molecule has 1 unspecified atom stereocenters. The number of alkyl halides is 3. The molecule has 2 fully saturated rings. The summed E-state index contributed by atoms with van der Waals surface area (Å²) in [6.45, 7) is 2.40. The van der Waals surface area contributed by atoms with Crippen molar-refractivity contribution >= 4 is 22.5 Å². The summed E-state index contributed by atoms with van der Waals surface area (Å²) in [5, 5.41) is 29.1. The Morgan fingerprint density at radius 2 is 1.80 bits per heavy atom. The van der Waals surface area contributed by atoms with Crippen molar-refractivity contribution in [2.75, 3.05) is 33.4 Å². The number of likely N-dealkylation sites (tertiary alicyclic amines) is 1. The number of aliphatic hydroxyl groups excluding tert-OH is 2. The minimum atomic E-state index is -4.54. The van der Waals surface area contributed by atoms with Crippen molar-refractivity contribution in [3.05, 3.63) is 94.0 Å². The molecule has 4 aromatic rings. The van der Waals surface area contributed by atoms with E-state index in [0.29, 0.717) is 57.1 Å². The molecule has 2 heterocycles. The molecule has 0 radical (unpaired) electrons. The molecule has 3 aromatic carbocycles. The Kier molecular flexibility index (Phi) is 9.57. The van der Waals surface area contributed by atoms with Crippen molar-refractivity contribution < 1.29 is 28.1 Å². The highest BCUT2D eigenvalue weighted by Gasteiger charge is 2.46. The molecule has 46 heavy (non-hydrogen) atoms. The maximum atomic E-state index is 13.9. The second-order valence-corrected chi connectivity index (χ2v) is 12.6. The number of rotatable bonds is 11. The van der Waals surface area contributed by atoms with Crippen molar-refractivity contribution in [1.29, 1.82) is 0 Å². The van der Waals surface area contributed by atoms with E-state index in [-0.39, 0.29) is 12.6 Å². The van der Waals surface area contributed by atoms with Gasteiger partial charge in [-0.3, -0.25) is 10.2 Å². The number of benzene rings is 3. The molecule has 6 rings (SSSR count). The van der Waals surface area contributed by atoms with Crippen LogP contribution in [0.15, 0.2) is 66.7 Å². The van der Waals surface area contributed by atoms with Crippen LogP contribution in [-0.4, -0.2) is 59.5 Å². The molecule has 1 aliphatic carbocycles. The zero-order valence-electron chi connectivity index (χ0n) is 25.6. The first-order chi connectivity index (χ1) is 22.1. The summed E-state index contributed by atoms with van der Waals surface area (Å²) in [5.41, 5.74) is 2.13. The third kappa shape index (κ3) is 6.88. The molecule has 1 aliphatic heterocycles. The van der Waals surface area contributed by atoms with E-state index in [4.69, 9.17) is 21.3 Å². The molecule has 0 spiro atoms. The minimum absolute atomic E-state index is 0.0650. The topological polar surface area (TPSA) is 89.9 Å². The SMILES string of the molecule is COc1cc2c(C(O)NC3(c4ccccc4)CC3)c(CN3CCC(NCCO)CC3)c(-c3cccc(C(F)(F)F)c3)nc2cc1Cl. The fourth-order valence-electron chi connectivity index (χ4n) is 6.56. The van der Waals surface area contributed by atoms with Gasteiger partial charge in [0.2, 0.25) is 0 Å². The molecular weight excluding hydrogens is 617 g/mol. The van der Waals surface area contributed by atoms with Crippen LogP contribution in [0.4, 0.5) is 13.2 Å². The Morgan fingerprint density at radius 3 is 2.46 bits per heavy atom. The summed E-state index contributed by atoms with van der Waals surface area (Å²) >= 11 is 6.54. The number of aromatic nitrogens is 1. The van der Waals surface area contributed by atoms with Crippen LogP contribution in [0.5, 0.6) is 5.75 Å². The molecule has 0 bridgehead atoms. The predicted molar refractivity (Wildman–Crippen MR) is 173 cm³/mol. The predicted octanol–water partition coefficient (Wildman–Crippen LogP) is 6.40. The second-order valence-electron chi connectivity index (χ2n) is 12.2. The van der Waals surface area contributed by atoms with Gasteiger partial charge in [0.25, 0.3) is 0 Å². The lowest BCUT2D eigenvalue weighted by Crippen LogP contribution is -2.43. The third-order valence-corrected chi connectivity index (χ3v) is 9.44. The van der Waals surface area contributed by atoms with E-state index in [1.54, 1.807) is 18.2 Å². The number of fused-ring (bicyclic) bond motifs is 1. The number of pyridine rings is 1. The summed E-state index contributed by atoms with van der Waals surface area (Å²) in [7, 11) is 1.51. The van der Waals surface area contributed by atoms with Gasteiger partial charge in [0, 0.05) is 46.7 Å². The second kappa shape index (κ2) is 13.5. The zero-order chi connectivity index (χ0) is 32.5. The van der Waals surface area contributed by atoms with Gasteiger partial charge in [-0.2, -0.15) is 13.2 Å². The Labute approximate surface area is 271 Å². The van der Waals surface area contributed by atoms with Gasteiger partial charge in [-0.1, -0.05) is 54.1 Å². The molecule has 1 saturated carbocycles. The van der Waals surface area contributed by atoms with Crippen molar-refractivity contribution in [2.45, 2.75) is 56.2 Å². The van der Waals surface area contributed by atoms with E-state index in [9.17, 15) is 23.4 Å². The Hall–Kier alpha value is -3.25. The lowest BCUT2D eigenvalue weighted by molar-refractivity contribution is -0.137. The highest BCUT2D eigenvalue weighted by Crippen LogP contribution is 2.48. The largest absolute Gasteiger partial charge is 0.495 e. The van der Waals surface area contributed by atoms with E-state index in [1.165, 1.54) is 13.2 Å². The van der Waals surface area contributed by atoms with Crippen LogP contribution in [-0.2, 0) is 18.3 Å². The maximum absolute atomic E-state index is 13.9. The van der Waals surface area contributed by atoms with Gasteiger partial charge >= 0.3 is 6.18 Å². The average molecular weight is 655 g/mol. The monoisotopic (exact) mass is 654 g/mol. The van der Waals surface area contributed by atoms with Crippen LogP contribution in [0.25, 0.3) is 22.2 Å². The number of piperidine rings is 1. The Morgan fingerprint density at radius 1 is 1.07 bits per heavy atom. The quantitative estimate of drug-likeness (QED) is 0.139. The zero-order valence-corrected chi connectivity index (χ0v) is 26.3. The number of nitrogens with one attached hydrogen (secondary N) is 2. The van der Waals surface area contributed by atoms with E-state index < -0.39 is 23.5 Å². The van der Waals surface area contributed by atoms with Crippen molar-refractivity contribution in [3.63, 3.8) is 0 Å². The summed E-state index contributed by atoms with van der Waals surface area (Å²) < 4.78 is 47.3. The highest BCUT2D eigenvalue weighted by atomic mass is 35.5. The number of methoxy groups -OCH3 is 1. The number of nitrogens with zero attached hydrogens (tertiary/aromatic N) is 2. The highest BCUT2D eigenvalue weighted by molar-refractivity contribution is 6.32. The lowest BCUT2D eigenvalue weighted by Gasteiger charge is -2.34. The van der Waals surface area contributed by atoms with Gasteiger partial charge in [-0.05, 0) is 68.6 Å². The third-order valence-electron chi connectivity index (χ3n) is 9.14. The van der Waals surface area contributed by atoms with Crippen LogP contribution < -0.4 is 15.4 Å². The summed E-state index contributed by atoms with van der Waals surface area (Å²) in [5.74, 6) is 0.405. The van der Waals surface area contributed by atoms with Crippen molar-refractivity contribution in [2.24, 2.45) is 0 Å². The molecule has 1 saturated heterocycles. The Balaban J connectivity index is 1.50. The van der Waals surface area contributed by atoms with E-state index in [2.05, 4.69) is 15.5 Å². The van der Waals surface area contributed by atoms with Crippen molar-refractivity contribution in [1.82, 2.24) is 20.5 Å². The molecule has 1 atom stereocenters. The molecular formula is C35H38ClF3N4O3. The lowest BCUT2D eigenvalue weighted by atomic mass is 9.92. The van der Waals surface area contributed by atoms with Gasteiger partial charge in [-0.15, -0.1) is 0 Å². The van der Waals surface area contributed by atoms with Gasteiger partial charge in [0.05, 0.1) is 35.5 Å². The van der Waals surface area contributed by atoms with Crippen LogP contribution >= 0.6 is 11.6 Å². The number of ether oxygens (including phenoxy) is 1. The number of hydrogen-bond donors (Lipinski definition) is 4. The number of hydrogen-bond acceptors (Lipinski definition) is 7. The van der Waals surface area contributed by atoms with Crippen LogP contribution in [0, 0.1) is 0 Å². The summed E-state index contributed by atoms with van der Waals surface area (Å²) in [6.07, 6.45) is -2.37. The smallest absolute Gasteiger partial charge is 0.416 e. The molecule has 11 heteroatoms. The molecule has 2 aliphatic rings. The molecule has 244 valence electrons. The first-order valence-electron chi connectivity index (χ1n) is 15.6. The van der Waals surface area contributed by atoms with Crippen LogP contribution in [0.1, 0.15) is 54.2 Å². The van der Waals surface area contributed by atoms with Gasteiger partial charge < -0.3 is 20.3 Å². The number of halogens is 4. The van der Waals surface area contributed by atoms with Gasteiger partial charge in [0.15, 0.2) is 0 Å². The van der Waals surface area contributed by atoms with Gasteiger partial charge in [-0.25, -0.2) is 4.98 Å². The summed E-state index contributed by atoms with van der Waals surface area (Å²) in [6, 6.07) is 18.8. The average Bonchev–Trinajstić information content (AvgIpc) is 3.84.